The Balaban J connectivity index is 1.27. The summed E-state index contributed by atoms with van der Waals surface area (Å²) < 4.78 is 57.1. The minimum Gasteiger partial charge on any atom is -0.345 e. The van der Waals surface area contributed by atoms with E-state index in [2.05, 4.69) is 31.8 Å². The van der Waals surface area contributed by atoms with Gasteiger partial charge in [-0.15, -0.1) is 10.2 Å². The van der Waals surface area contributed by atoms with E-state index >= 15 is 0 Å². The highest BCUT2D eigenvalue weighted by Crippen LogP contribution is 2.41. The molecule has 1 saturated carbocycles. The number of rotatable bonds is 7. The van der Waals surface area contributed by atoms with Crippen molar-refractivity contribution in [3.8, 4) is 0 Å². The molecule has 0 amide bonds. The second-order valence-electron chi connectivity index (χ2n) is 9.30. The molecular formula is C21H29F2N7O2S. The van der Waals surface area contributed by atoms with Crippen LogP contribution in [0.2, 0.25) is 0 Å². The largest absolute Gasteiger partial charge is 0.345 e. The van der Waals surface area contributed by atoms with Gasteiger partial charge in [-0.1, -0.05) is 13.3 Å². The number of H-pyrrole nitrogens is 1. The highest BCUT2D eigenvalue weighted by Gasteiger charge is 2.39. The second-order valence-corrected chi connectivity index (χ2v) is 11.2. The SMILES string of the molecule is CC[C@@H]1C[C@H](NS(=O)(=O)CCN2CCC(F)(F)CC2)C[C@@H]1c1nnc2cnc3[nH]ccc3n12. The third kappa shape index (κ3) is 4.60. The van der Waals surface area contributed by atoms with Gasteiger partial charge in [0.2, 0.25) is 10.0 Å². The third-order valence-corrected chi connectivity index (χ3v) is 8.54. The van der Waals surface area contributed by atoms with Crippen molar-refractivity contribution >= 4 is 26.8 Å². The van der Waals surface area contributed by atoms with Crippen molar-refractivity contribution in [2.75, 3.05) is 25.4 Å². The average Bonchev–Trinajstić information content (AvgIpc) is 3.49. The molecule has 2 fully saturated rings. The molecule has 33 heavy (non-hydrogen) atoms. The molecule has 12 heteroatoms. The van der Waals surface area contributed by atoms with Gasteiger partial charge in [0.15, 0.2) is 11.3 Å². The molecule has 3 aromatic heterocycles. The number of halogens is 2. The van der Waals surface area contributed by atoms with Gasteiger partial charge >= 0.3 is 0 Å². The van der Waals surface area contributed by atoms with Gasteiger partial charge in [0, 0.05) is 50.6 Å². The molecule has 1 saturated heterocycles. The smallest absolute Gasteiger partial charge is 0.250 e. The van der Waals surface area contributed by atoms with E-state index in [1.807, 2.05) is 16.7 Å². The van der Waals surface area contributed by atoms with E-state index in [0.717, 1.165) is 29.8 Å². The highest BCUT2D eigenvalue weighted by atomic mass is 32.2. The monoisotopic (exact) mass is 481 g/mol. The summed E-state index contributed by atoms with van der Waals surface area (Å²) in [6, 6.07) is 1.75. The molecule has 180 valence electrons. The van der Waals surface area contributed by atoms with Crippen LogP contribution in [0.1, 0.15) is 50.8 Å². The van der Waals surface area contributed by atoms with E-state index in [9.17, 15) is 17.2 Å². The zero-order valence-electron chi connectivity index (χ0n) is 18.5. The molecule has 2 N–H and O–H groups in total. The average molecular weight is 482 g/mol. The molecule has 2 aliphatic rings. The van der Waals surface area contributed by atoms with E-state index in [0.29, 0.717) is 12.1 Å². The lowest BCUT2D eigenvalue weighted by atomic mass is 9.93. The summed E-state index contributed by atoms with van der Waals surface area (Å²) in [7, 11) is -3.52. The number of nitrogens with one attached hydrogen (secondary N) is 2. The summed E-state index contributed by atoms with van der Waals surface area (Å²) in [5, 5.41) is 8.75. The van der Waals surface area contributed by atoms with Gasteiger partial charge in [-0.2, -0.15) is 0 Å². The Morgan fingerprint density at radius 3 is 2.79 bits per heavy atom. The molecule has 1 aliphatic carbocycles. The van der Waals surface area contributed by atoms with Crippen LogP contribution in [0.25, 0.3) is 16.8 Å². The fraction of sp³-hybridized carbons (Fsp3) is 0.667. The van der Waals surface area contributed by atoms with Crippen LogP contribution in [0.3, 0.4) is 0 Å². The maximum absolute atomic E-state index is 13.3. The van der Waals surface area contributed by atoms with Crippen molar-refractivity contribution in [1.82, 2.24) is 34.2 Å². The van der Waals surface area contributed by atoms with Gasteiger partial charge in [-0.05, 0) is 24.8 Å². The number of aromatic nitrogens is 5. The quantitative estimate of drug-likeness (QED) is 0.537. The fourth-order valence-corrected chi connectivity index (χ4v) is 6.61. The first-order valence-electron chi connectivity index (χ1n) is 11.5. The Hall–Kier alpha value is -2.18. The van der Waals surface area contributed by atoms with Crippen LogP contribution in [0.4, 0.5) is 8.78 Å². The van der Waals surface area contributed by atoms with Crippen LogP contribution in [0.5, 0.6) is 0 Å². The lowest BCUT2D eigenvalue weighted by molar-refractivity contribution is -0.0539. The molecule has 3 aromatic rings. The van der Waals surface area contributed by atoms with Crippen molar-refractivity contribution in [1.29, 1.82) is 0 Å². The maximum atomic E-state index is 13.3. The zero-order valence-corrected chi connectivity index (χ0v) is 19.4. The Bertz CT molecular complexity index is 1230. The van der Waals surface area contributed by atoms with Crippen molar-refractivity contribution in [3.63, 3.8) is 0 Å². The molecule has 5 rings (SSSR count). The zero-order chi connectivity index (χ0) is 23.2. The van der Waals surface area contributed by atoms with Gasteiger partial charge in [0.25, 0.3) is 5.92 Å². The van der Waals surface area contributed by atoms with E-state index in [-0.39, 0.29) is 56.1 Å². The number of hydrogen-bond acceptors (Lipinski definition) is 6. The Morgan fingerprint density at radius 1 is 1.24 bits per heavy atom. The number of aromatic amines is 1. The summed E-state index contributed by atoms with van der Waals surface area (Å²) in [5.74, 6) is -1.53. The number of fused-ring (bicyclic) bond motifs is 3. The molecule has 0 bridgehead atoms. The van der Waals surface area contributed by atoms with Gasteiger partial charge in [-0.25, -0.2) is 26.9 Å². The number of likely N-dealkylation sites (tertiary alicyclic amines) is 1. The number of alkyl halides is 2. The third-order valence-electron chi connectivity index (χ3n) is 7.13. The van der Waals surface area contributed by atoms with Crippen molar-refractivity contribution < 1.29 is 17.2 Å². The van der Waals surface area contributed by atoms with Gasteiger partial charge in [-0.3, -0.25) is 4.40 Å². The highest BCUT2D eigenvalue weighted by molar-refractivity contribution is 7.89. The lowest BCUT2D eigenvalue weighted by Crippen LogP contribution is -2.43. The topological polar surface area (TPSA) is 108 Å². The molecule has 0 radical (unpaired) electrons. The minimum absolute atomic E-state index is 0.0718. The van der Waals surface area contributed by atoms with Crippen LogP contribution < -0.4 is 4.72 Å². The lowest BCUT2D eigenvalue weighted by Gasteiger charge is -2.31. The van der Waals surface area contributed by atoms with Gasteiger partial charge in [0.05, 0.1) is 17.5 Å². The number of piperidine rings is 1. The summed E-state index contributed by atoms with van der Waals surface area (Å²) >= 11 is 0. The molecule has 3 atom stereocenters. The normalized spacial score (nSPS) is 26.5. The summed E-state index contributed by atoms with van der Waals surface area (Å²) in [5.41, 5.74) is 2.32. The Labute approximate surface area is 191 Å². The number of hydrogen-bond donors (Lipinski definition) is 2. The predicted octanol–water partition coefficient (Wildman–Crippen LogP) is 2.53. The first-order chi connectivity index (χ1) is 15.7. The standard InChI is InChI=1S/C21H29F2N7O2S/c1-2-14-11-15(28-33(31,32)10-9-29-7-4-21(22,23)5-8-29)12-16(14)20-27-26-18-13-25-19-17(30(18)20)3-6-24-19/h3,6,13-16,24,28H,2,4-5,7-12H2,1H3/t14-,15+,16+/m1/s1. The molecule has 1 aliphatic heterocycles. The van der Waals surface area contributed by atoms with E-state index in [1.165, 1.54) is 0 Å². The molecular weight excluding hydrogens is 452 g/mol. The first kappa shape index (κ1) is 22.6. The van der Waals surface area contributed by atoms with Gasteiger partial charge < -0.3 is 9.88 Å². The number of nitrogens with zero attached hydrogens (tertiary/aromatic N) is 5. The molecule has 0 spiro atoms. The molecule has 0 unspecified atom stereocenters. The van der Waals surface area contributed by atoms with E-state index in [4.69, 9.17) is 0 Å². The van der Waals surface area contributed by atoms with Crippen LogP contribution in [-0.2, 0) is 10.0 Å². The predicted molar refractivity (Wildman–Crippen MR) is 120 cm³/mol. The molecule has 4 heterocycles. The molecule has 0 aromatic carbocycles. The maximum Gasteiger partial charge on any atom is 0.250 e. The fourth-order valence-electron chi connectivity index (χ4n) is 5.29. The Kier molecular flexibility index (Phi) is 5.86. The summed E-state index contributed by atoms with van der Waals surface area (Å²) in [6.45, 7) is 2.84. The van der Waals surface area contributed by atoms with Crippen LogP contribution in [0, 0.1) is 5.92 Å². The summed E-state index contributed by atoms with van der Waals surface area (Å²) in [4.78, 5) is 9.27. The minimum atomic E-state index is -3.52. The second kappa shape index (κ2) is 8.55. The van der Waals surface area contributed by atoms with Crippen molar-refractivity contribution in [2.24, 2.45) is 5.92 Å². The van der Waals surface area contributed by atoms with Crippen LogP contribution in [-0.4, -0.2) is 75.2 Å². The molecule has 9 nitrogen and oxygen atoms in total. The Morgan fingerprint density at radius 2 is 2.03 bits per heavy atom. The van der Waals surface area contributed by atoms with E-state index < -0.39 is 15.9 Å². The van der Waals surface area contributed by atoms with Crippen LogP contribution in [0.15, 0.2) is 18.5 Å². The van der Waals surface area contributed by atoms with Crippen molar-refractivity contribution in [2.45, 2.75) is 56.9 Å². The van der Waals surface area contributed by atoms with Crippen molar-refractivity contribution in [3.05, 3.63) is 24.3 Å². The number of sulfonamides is 1. The van der Waals surface area contributed by atoms with E-state index in [1.54, 1.807) is 11.1 Å². The summed E-state index contributed by atoms with van der Waals surface area (Å²) in [6.07, 6.45) is 5.37. The van der Waals surface area contributed by atoms with Crippen LogP contribution >= 0.6 is 0 Å². The first-order valence-corrected chi connectivity index (χ1v) is 13.2. The van der Waals surface area contributed by atoms with Gasteiger partial charge in [0.1, 0.15) is 5.82 Å².